The molecule has 0 amide bonds. The van der Waals surface area contributed by atoms with Crippen LogP contribution in [0.3, 0.4) is 0 Å². The molecule has 3 aromatic heterocycles. The van der Waals surface area contributed by atoms with Crippen molar-refractivity contribution in [3.8, 4) is 78.7 Å². The minimum absolute atomic E-state index is 0.556. The van der Waals surface area contributed by atoms with Gasteiger partial charge in [0.25, 0.3) is 0 Å². The second kappa shape index (κ2) is 13.0. The lowest BCUT2D eigenvalue weighted by molar-refractivity contribution is 1.07. The van der Waals surface area contributed by atoms with Crippen LogP contribution in [0.1, 0.15) is 0 Å². The van der Waals surface area contributed by atoms with Gasteiger partial charge in [-0.3, -0.25) is 9.97 Å². The van der Waals surface area contributed by atoms with Crippen LogP contribution >= 0.6 is 0 Å². The van der Waals surface area contributed by atoms with Crippen molar-refractivity contribution in [3.05, 3.63) is 176 Å². The van der Waals surface area contributed by atoms with Crippen molar-refractivity contribution in [3.63, 3.8) is 0 Å². The van der Waals surface area contributed by atoms with E-state index in [-0.39, 0.29) is 0 Å². The van der Waals surface area contributed by atoms with Crippen LogP contribution in [0.5, 0.6) is 0 Å². The second-order valence-electron chi connectivity index (χ2n) is 11.4. The van der Waals surface area contributed by atoms with Crippen LogP contribution < -0.4 is 0 Å². The monoisotopic (exact) mass is 615 g/mol. The summed E-state index contributed by atoms with van der Waals surface area (Å²) in [6.07, 6.45) is 7.03. The van der Waals surface area contributed by atoms with E-state index >= 15 is 0 Å². The summed E-state index contributed by atoms with van der Waals surface area (Å²) in [6, 6.07) is 52.5. The molecule has 0 bridgehead atoms. The molecule has 8 aromatic rings. The Morgan fingerprint density at radius 2 is 0.667 bits per heavy atom. The Hall–Kier alpha value is -6.59. The molecule has 0 fully saturated rings. The Labute approximate surface area is 279 Å². The minimum Gasteiger partial charge on any atom is -0.264 e. The third kappa shape index (κ3) is 5.77. The molecule has 0 aliphatic heterocycles. The fourth-order valence-corrected chi connectivity index (χ4v) is 6.07. The van der Waals surface area contributed by atoms with Crippen molar-refractivity contribution in [2.45, 2.75) is 0 Å². The molecule has 0 spiro atoms. The largest absolute Gasteiger partial charge is 0.264 e. The molecule has 5 heteroatoms. The van der Waals surface area contributed by atoms with Gasteiger partial charge in [-0.2, -0.15) is 0 Å². The lowest BCUT2D eigenvalue weighted by Crippen LogP contribution is -2.01. The molecule has 0 aliphatic carbocycles. The average Bonchev–Trinajstić information content (AvgIpc) is 3.19. The highest BCUT2D eigenvalue weighted by Crippen LogP contribution is 2.42. The zero-order valence-corrected chi connectivity index (χ0v) is 26.0. The van der Waals surface area contributed by atoms with Crippen LogP contribution in [0, 0.1) is 0 Å². The van der Waals surface area contributed by atoms with Gasteiger partial charge in [0, 0.05) is 41.5 Å². The maximum atomic E-state index is 4.96. The minimum atomic E-state index is 0.556. The van der Waals surface area contributed by atoms with Crippen molar-refractivity contribution >= 4 is 0 Å². The molecule has 48 heavy (non-hydrogen) atoms. The summed E-state index contributed by atoms with van der Waals surface area (Å²) in [5.74, 6) is 1.69. The van der Waals surface area contributed by atoms with E-state index in [1.807, 2.05) is 30.3 Å². The van der Waals surface area contributed by atoms with Gasteiger partial charge in [0.2, 0.25) is 0 Å². The Morgan fingerprint density at radius 1 is 0.271 bits per heavy atom. The lowest BCUT2D eigenvalue weighted by atomic mass is 9.86. The Kier molecular flexibility index (Phi) is 7.83. The number of hydrogen-bond donors (Lipinski definition) is 0. The average molecular weight is 616 g/mol. The van der Waals surface area contributed by atoms with Crippen molar-refractivity contribution in [1.29, 1.82) is 0 Å². The highest BCUT2D eigenvalue weighted by molar-refractivity contribution is 5.96. The van der Waals surface area contributed by atoms with Gasteiger partial charge in [0.15, 0.2) is 17.5 Å². The van der Waals surface area contributed by atoms with Gasteiger partial charge in [-0.15, -0.1) is 0 Å². The van der Waals surface area contributed by atoms with Crippen LogP contribution in [-0.2, 0) is 0 Å². The van der Waals surface area contributed by atoms with E-state index in [0.29, 0.717) is 17.5 Å². The first-order chi connectivity index (χ1) is 23.8. The van der Waals surface area contributed by atoms with E-state index in [0.717, 1.165) is 38.9 Å². The molecular formula is C43H29N5. The second-order valence-corrected chi connectivity index (χ2v) is 11.4. The predicted molar refractivity (Wildman–Crippen MR) is 193 cm³/mol. The third-order valence-corrected chi connectivity index (χ3v) is 8.36. The van der Waals surface area contributed by atoms with E-state index in [9.17, 15) is 0 Å². The summed E-state index contributed by atoms with van der Waals surface area (Å²) in [5.41, 5.74) is 11.7. The van der Waals surface area contributed by atoms with Crippen molar-refractivity contribution < 1.29 is 0 Å². The van der Waals surface area contributed by atoms with Gasteiger partial charge >= 0.3 is 0 Å². The standard InChI is InChI=1S/C43H29N5/c1-3-13-30(14-4-1)35-19-7-8-20-36(35)37-21-9-10-22-38(37)39-24-23-32(27-40(39)31-15-5-2-6-16-31)41-46-42(33-17-11-25-44-28-33)48-43(47-41)34-18-12-26-45-29-34/h1-29H. The first-order valence-corrected chi connectivity index (χ1v) is 15.8. The summed E-state index contributed by atoms with van der Waals surface area (Å²) in [6.45, 7) is 0. The maximum Gasteiger partial charge on any atom is 0.165 e. The normalized spacial score (nSPS) is 10.9. The Balaban J connectivity index is 1.32. The van der Waals surface area contributed by atoms with Crippen molar-refractivity contribution in [1.82, 2.24) is 24.9 Å². The maximum absolute atomic E-state index is 4.96. The van der Waals surface area contributed by atoms with Gasteiger partial charge in [0.1, 0.15) is 0 Å². The molecule has 0 atom stereocenters. The van der Waals surface area contributed by atoms with Gasteiger partial charge in [-0.25, -0.2) is 15.0 Å². The number of pyridine rings is 2. The Bertz CT molecular complexity index is 2270. The SMILES string of the molecule is c1ccc(-c2ccccc2-c2ccccc2-c2ccc(-c3nc(-c4cccnc4)nc(-c4cccnc4)n3)cc2-c2ccccc2)cc1. The molecule has 0 aliphatic rings. The molecule has 8 rings (SSSR count). The number of aromatic nitrogens is 5. The molecule has 0 N–H and O–H groups in total. The molecule has 0 radical (unpaired) electrons. The van der Waals surface area contributed by atoms with E-state index in [4.69, 9.17) is 15.0 Å². The molecular weight excluding hydrogens is 587 g/mol. The first-order valence-electron chi connectivity index (χ1n) is 15.8. The van der Waals surface area contributed by atoms with Gasteiger partial charge < -0.3 is 0 Å². The fourth-order valence-electron chi connectivity index (χ4n) is 6.07. The molecule has 3 heterocycles. The molecule has 5 nitrogen and oxygen atoms in total. The molecule has 0 unspecified atom stereocenters. The summed E-state index contributed by atoms with van der Waals surface area (Å²) in [7, 11) is 0. The number of hydrogen-bond acceptors (Lipinski definition) is 5. The lowest BCUT2D eigenvalue weighted by Gasteiger charge is -2.18. The first kappa shape index (κ1) is 28.9. The number of nitrogens with zero attached hydrogens (tertiary/aromatic N) is 5. The summed E-state index contributed by atoms with van der Waals surface area (Å²) >= 11 is 0. The van der Waals surface area contributed by atoms with Gasteiger partial charge in [-0.05, 0) is 74.8 Å². The van der Waals surface area contributed by atoms with E-state index in [2.05, 4.69) is 131 Å². The van der Waals surface area contributed by atoms with E-state index in [1.165, 1.54) is 22.3 Å². The third-order valence-electron chi connectivity index (χ3n) is 8.36. The zero-order chi connectivity index (χ0) is 32.1. The number of rotatable bonds is 7. The summed E-state index contributed by atoms with van der Waals surface area (Å²) < 4.78 is 0. The molecule has 226 valence electrons. The number of benzene rings is 5. The van der Waals surface area contributed by atoms with Crippen LogP contribution in [0.2, 0.25) is 0 Å². The Morgan fingerprint density at radius 3 is 1.17 bits per heavy atom. The molecule has 0 saturated heterocycles. The van der Waals surface area contributed by atoms with Crippen LogP contribution in [0.25, 0.3) is 78.7 Å². The van der Waals surface area contributed by atoms with Crippen LogP contribution in [0.15, 0.2) is 176 Å². The van der Waals surface area contributed by atoms with Gasteiger partial charge in [-0.1, -0.05) is 121 Å². The van der Waals surface area contributed by atoms with Crippen LogP contribution in [-0.4, -0.2) is 24.9 Å². The van der Waals surface area contributed by atoms with Crippen LogP contribution in [0.4, 0.5) is 0 Å². The van der Waals surface area contributed by atoms with Crippen molar-refractivity contribution in [2.75, 3.05) is 0 Å². The predicted octanol–water partition coefficient (Wildman–Crippen LogP) is 10.3. The molecule has 5 aromatic carbocycles. The van der Waals surface area contributed by atoms with E-state index < -0.39 is 0 Å². The quantitative estimate of drug-likeness (QED) is 0.178. The highest BCUT2D eigenvalue weighted by atomic mass is 15.0. The van der Waals surface area contributed by atoms with Crippen molar-refractivity contribution in [2.24, 2.45) is 0 Å². The van der Waals surface area contributed by atoms with E-state index in [1.54, 1.807) is 24.8 Å². The highest BCUT2D eigenvalue weighted by Gasteiger charge is 2.18. The summed E-state index contributed by atoms with van der Waals surface area (Å²) in [4.78, 5) is 23.4. The van der Waals surface area contributed by atoms with Gasteiger partial charge in [0.05, 0.1) is 0 Å². The topological polar surface area (TPSA) is 64.5 Å². The summed E-state index contributed by atoms with van der Waals surface area (Å²) in [5, 5.41) is 0. The smallest absolute Gasteiger partial charge is 0.165 e. The zero-order valence-electron chi connectivity index (χ0n) is 26.0. The molecule has 0 saturated carbocycles. The fraction of sp³-hybridized carbons (Fsp3) is 0.